The Morgan fingerprint density at radius 3 is 2.68 bits per heavy atom. The minimum absolute atomic E-state index is 0.334. The lowest BCUT2D eigenvalue weighted by Crippen LogP contribution is -2.13. The molecule has 110 valence electrons. The highest BCUT2D eigenvalue weighted by Gasteiger charge is 2.28. The first-order valence-corrected chi connectivity index (χ1v) is 8.53. The van der Waals surface area contributed by atoms with Gasteiger partial charge in [0.15, 0.2) is 0 Å². The lowest BCUT2D eigenvalue weighted by atomic mass is 10.3. The zero-order chi connectivity index (χ0) is 15.3. The quantitative estimate of drug-likeness (QED) is 0.534. The molecular weight excluding hydrogens is 320 g/mol. The van der Waals surface area contributed by atoms with Crippen LogP contribution in [-0.4, -0.2) is 19.0 Å². The molecule has 0 bridgehead atoms. The smallest absolute Gasteiger partial charge is 0.239 e. The van der Waals surface area contributed by atoms with Crippen molar-refractivity contribution in [3.63, 3.8) is 0 Å². The van der Waals surface area contributed by atoms with Crippen LogP contribution in [0.4, 0.5) is 5.95 Å². The Morgan fingerprint density at radius 2 is 1.91 bits per heavy atom. The second-order valence-corrected chi connectivity index (χ2v) is 7.49. The van der Waals surface area contributed by atoms with E-state index in [1.807, 2.05) is 30.3 Å². The molecule has 0 aliphatic carbocycles. The number of hydrogen-bond acceptors (Lipinski definition) is 4. The Labute approximate surface area is 132 Å². The molecule has 0 amide bonds. The fourth-order valence-electron chi connectivity index (χ4n) is 2.46. The van der Waals surface area contributed by atoms with E-state index in [1.54, 1.807) is 29.8 Å². The van der Waals surface area contributed by atoms with Crippen molar-refractivity contribution in [2.24, 2.45) is 4.36 Å². The fourth-order valence-corrected chi connectivity index (χ4v) is 4.64. The van der Waals surface area contributed by atoms with Gasteiger partial charge in [0.25, 0.3) is 5.95 Å². The first-order valence-electron chi connectivity index (χ1n) is 6.64. The first-order chi connectivity index (χ1) is 10.6. The van der Waals surface area contributed by atoms with Gasteiger partial charge in [0.1, 0.15) is 15.6 Å². The van der Waals surface area contributed by atoms with Crippen LogP contribution in [0.25, 0.3) is 5.69 Å². The zero-order valence-electron chi connectivity index (χ0n) is 11.6. The molecule has 2 heterocycles. The molecule has 2 aromatic carbocycles. The fraction of sp³-hybridized carbons (Fsp3) is 0.0667. The van der Waals surface area contributed by atoms with Crippen molar-refractivity contribution in [2.75, 3.05) is 0 Å². The summed E-state index contributed by atoms with van der Waals surface area (Å²) in [4.78, 5) is 5.51. The van der Waals surface area contributed by atoms with Gasteiger partial charge in [-0.3, -0.25) is 0 Å². The Bertz CT molecular complexity index is 1000. The van der Waals surface area contributed by atoms with E-state index in [0.29, 0.717) is 32.3 Å². The third-order valence-electron chi connectivity index (χ3n) is 3.42. The summed E-state index contributed by atoms with van der Waals surface area (Å²) in [5.74, 6) is 0.905. The van der Waals surface area contributed by atoms with Crippen molar-refractivity contribution in [3.8, 4) is 5.69 Å². The van der Waals surface area contributed by atoms with E-state index < -0.39 is 9.73 Å². The highest BCUT2D eigenvalue weighted by Crippen LogP contribution is 2.37. The lowest BCUT2D eigenvalue weighted by Gasteiger charge is -2.19. The number of fused-ring (bicyclic) bond motifs is 3. The Hall–Kier alpha value is -2.18. The summed E-state index contributed by atoms with van der Waals surface area (Å²) in [7, 11) is -2.80. The van der Waals surface area contributed by atoms with Crippen LogP contribution in [0, 0.1) is 6.92 Å². The molecule has 7 heteroatoms. The second-order valence-electron chi connectivity index (χ2n) is 4.91. The normalized spacial score (nSPS) is 19.2. The van der Waals surface area contributed by atoms with E-state index in [4.69, 9.17) is 11.6 Å². The monoisotopic (exact) mass is 330 g/mol. The molecule has 0 fully saturated rings. The van der Waals surface area contributed by atoms with Gasteiger partial charge in [0.2, 0.25) is 0 Å². The van der Waals surface area contributed by atoms with Crippen LogP contribution in [-0.2, 0) is 9.73 Å². The van der Waals surface area contributed by atoms with E-state index >= 15 is 0 Å². The van der Waals surface area contributed by atoms with Gasteiger partial charge in [-0.2, -0.15) is 14.0 Å². The van der Waals surface area contributed by atoms with Gasteiger partial charge < -0.3 is 0 Å². The topological polar surface area (TPSA) is 60.1 Å². The van der Waals surface area contributed by atoms with Crippen LogP contribution in [0.1, 0.15) is 5.82 Å². The van der Waals surface area contributed by atoms with Gasteiger partial charge in [-0.15, -0.1) is 5.10 Å². The van der Waals surface area contributed by atoms with Gasteiger partial charge >= 0.3 is 0 Å². The van der Waals surface area contributed by atoms with Crippen LogP contribution in [0.5, 0.6) is 0 Å². The summed E-state index contributed by atoms with van der Waals surface area (Å²) < 4.78 is 19.6. The average Bonchev–Trinajstić information content (AvgIpc) is 2.88. The SMILES string of the molecule is Cc1nc2n(n1)-c1cc(Cl)ccc1S(=O)(c1ccccc1)=N2. The summed E-state index contributed by atoms with van der Waals surface area (Å²) in [6, 6.07) is 14.4. The van der Waals surface area contributed by atoms with Crippen molar-refractivity contribution >= 4 is 27.3 Å². The zero-order valence-corrected chi connectivity index (χ0v) is 13.2. The molecule has 0 radical (unpaired) electrons. The molecule has 1 atom stereocenters. The van der Waals surface area contributed by atoms with E-state index in [0.717, 1.165) is 0 Å². The predicted molar refractivity (Wildman–Crippen MR) is 84.3 cm³/mol. The number of aromatic nitrogens is 3. The Balaban J connectivity index is 2.14. The third-order valence-corrected chi connectivity index (χ3v) is 5.92. The largest absolute Gasteiger partial charge is 0.261 e. The van der Waals surface area contributed by atoms with Crippen molar-refractivity contribution in [1.82, 2.24) is 14.8 Å². The molecule has 1 unspecified atom stereocenters. The van der Waals surface area contributed by atoms with Crippen LogP contribution < -0.4 is 0 Å². The van der Waals surface area contributed by atoms with Crippen molar-refractivity contribution in [1.29, 1.82) is 0 Å². The number of benzene rings is 2. The second kappa shape index (κ2) is 4.66. The maximum atomic E-state index is 13.6. The lowest BCUT2D eigenvalue weighted by molar-refractivity contribution is 0.672. The van der Waals surface area contributed by atoms with Gasteiger partial charge in [-0.1, -0.05) is 29.8 Å². The van der Waals surface area contributed by atoms with Gasteiger partial charge in [0, 0.05) is 5.02 Å². The molecule has 0 saturated carbocycles. The number of aryl methyl sites for hydroxylation is 1. The molecular formula is C15H11ClN4OS. The van der Waals surface area contributed by atoms with Crippen molar-refractivity contribution in [3.05, 3.63) is 59.4 Å². The van der Waals surface area contributed by atoms with Crippen LogP contribution >= 0.6 is 11.6 Å². The van der Waals surface area contributed by atoms with Gasteiger partial charge in [-0.25, -0.2) is 4.21 Å². The van der Waals surface area contributed by atoms with E-state index in [9.17, 15) is 4.21 Å². The highest BCUT2D eigenvalue weighted by atomic mass is 35.5. The van der Waals surface area contributed by atoms with Crippen LogP contribution in [0.15, 0.2) is 62.7 Å². The number of nitrogens with zero attached hydrogens (tertiary/aromatic N) is 4. The van der Waals surface area contributed by atoms with E-state index in [-0.39, 0.29) is 0 Å². The summed E-state index contributed by atoms with van der Waals surface area (Å²) in [6.45, 7) is 1.77. The highest BCUT2D eigenvalue weighted by molar-refractivity contribution is 7.94. The van der Waals surface area contributed by atoms with Crippen LogP contribution in [0.3, 0.4) is 0 Å². The predicted octanol–water partition coefficient (Wildman–Crippen LogP) is 3.76. The molecule has 1 aliphatic rings. The minimum atomic E-state index is -2.80. The van der Waals surface area contributed by atoms with Gasteiger partial charge in [0.05, 0.1) is 15.5 Å². The Morgan fingerprint density at radius 1 is 1.14 bits per heavy atom. The van der Waals surface area contributed by atoms with Crippen molar-refractivity contribution < 1.29 is 4.21 Å². The molecule has 0 N–H and O–H groups in total. The minimum Gasteiger partial charge on any atom is -0.239 e. The van der Waals surface area contributed by atoms with E-state index in [1.165, 1.54) is 0 Å². The first kappa shape index (κ1) is 13.5. The molecule has 0 saturated heterocycles. The van der Waals surface area contributed by atoms with E-state index in [2.05, 4.69) is 14.4 Å². The number of halogens is 1. The van der Waals surface area contributed by atoms with Crippen molar-refractivity contribution in [2.45, 2.75) is 16.7 Å². The molecule has 22 heavy (non-hydrogen) atoms. The third kappa shape index (κ3) is 1.88. The maximum Gasteiger partial charge on any atom is 0.261 e. The maximum absolute atomic E-state index is 13.6. The number of hydrogen-bond donors (Lipinski definition) is 0. The average molecular weight is 331 g/mol. The van der Waals surface area contributed by atoms with Gasteiger partial charge in [-0.05, 0) is 37.3 Å². The van der Waals surface area contributed by atoms with Crippen LogP contribution in [0.2, 0.25) is 5.02 Å². The Kier molecular flexibility index (Phi) is 2.85. The number of rotatable bonds is 1. The summed E-state index contributed by atoms with van der Waals surface area (Å²) >= 11 is 6.10. The summed E-state index contributed by atoms with van der Waals surface area (Å²) in [6.07, 6.45) is 0. The molecule has 3 aromatic rings. The molecule has 4 rings (SSSR count). The molecule has 1 aliphatic heterocycles. The summed E-state index contributed by atoms with van der Waals surface area (Å²) in [5.41, 5.74) is 0.659. The standard InChI is InChI=1S/C15H11ClN4OS/c1-10-17-15-19-22(21,12-5-3-2-4-6-12)14-8-7-11(16)9-13(14)20(15)18-10/h2-9H,1H3. The molecule has 0 spiro atoms. The molecule has 1 aromatic heterocycles. The summed E-state index contributed by atoms with van der Waals surface area (Å²) in [5, 5.41) is 4.87. The molecule has 5 nitrogen and oxygen atoms in total.